The fourth-order valence-electron chi connectivity index (χ4n) is 3.67. The third-order valence-corrected chi connectivity index (χ3v) is 5.26. The maximum absolute atomic E-state index is 12.6. The smallest absolute Gasteiger partial charge is 0.342 e. The first kappa shape index (κ1) is 24.8. The maximum atomic E-state index is 12.6. The number of esters is 1. The summed E-state index contributed by atoms with van der Waals surface area (Å²) < 4.78 is 16.4. The molecule has 3 aromatic rings. The number of anilines is 1. The number of rotatable bonds is 9. The molecule has 1 aromatic heterocycles. The first-order valence-electron chi connectivity index (χ1n) is 11.1. The van der Waals surface area contributed by atoms with E-state index in [1.54, 1.807) is 27.0 Å². The summed E-state index contributed by atoms with van der Waals surface area (Å²) in [4.78, 5) is 29.5. The highest BCUT2D eigenvalue weighted by Crippen LogP contribution is 2.34. The van der Waals surface area contributed by atoms with Crippen LogP contribution >= 0.6 is 0 Å². The molecule has 0 unspecified atom stereocenters. The van der Waals surface area contributed by atoms with Crippen LogP contribution in [0.2, 0.25) is 0 Å². The molecule has 34 heavy (non-hydrogen) atoms. The average molecular weight is 466 g/mol. The molecule has 180 valence electrons. The van der Waals surface area contributed by atoms with Crippen molar-refractivity contribution in [3.05, 3.63) is 59.3 Å². The molecule has 0 aliphatic heterocycles. The number of aromatic nitrogens is 1. The van der Waals surface area contributed by atoms with Gasteiger partial charge in [-0.05, 0) is 57.5 Å². The number of pyridine rings is 1. The van der Waals surface area contributed by atoms with E-state index in [4.69, 9.17) is 19.9 Å². The number of ether oxygens (including phenoxy) is 3. The summed E-state index contributed by atoms with van der Waals surface area (Å²) in [5.41, 5.74) is 8.20. The third-order valence-electron chi connectivity index (χ3n) is 5.26. The largest absolute Gasteiger partial charge is 0.497 e. The third kappa shape index (κ3) is 5.75. The first-order chi connectivity index (χ1) is 16.1. The van der Waals surface area contributed by atoms with E-state index >= 15 is 0 Å². The quantitative estimate of drug-likeness (QED) is 0.462. The number of carbonyl (C=O) groups is 2. The Bertz CT molecular complexity index is 1190. The molecule has 8 heteroatoms. The lowest BCUT2D eigenvalue weighted by atomic mass is 10.0. The van der Waals surface area contributed by atoms with Gasteiger partial charge in [-0.2, -0.15) is 0 Å². The molecule has 3 rings (SSSR count). The predicted octanol–water partition coefficient (Wildman–Crippen LogP) is 3.83. The second-order valence-corrected chi connectivity index (χ2v) is 8.60. The van der Waals surface area contributed by atoms with Crippen LogP contribution < -0.4 is 20.5 Å². The van der Waals surface area contributed by atoms with E-state index in [0.717, 1.165) is 11.3 Å². The van der Waals surface area contributed by atoms with Gasteiger partial charge in [0, 0.05) is 0 Å². The second kappa shape index (κ2) is 10.4. The molecular formula is C26H31N3O5. The molecule has 0 saturated heterocycles. The average Bonchev–Trinajstić information content (AvgIpc) is 2.77. The number of aryl methyl sites for hydroxylation is 1. The maximum Gasteiger partial charge on any atom is 0.342 e. The van der Waals surface area contributed by atoms with Crippen LogP contribution in [0.4, 0.5) is 5.69 Å². The lowest BCUT2D eigenvalue weighted by Crippen LogP contribution is -2.48. The van der Waals surface area contributed by atoms with E-state index in [1.165, 1.54) is 0 Å². The van der Waals surface area contributed by atoms with Crippen LogP contribution in [0, 0.1) is 6.92 Å². The molecule has 3 N–H and O–H groups in total. The summed E-state index contributed by atoms with van der Waals surface area (Å²) in [6.07, 6.45) is 0.237. The van der Waals surface area contributed by atoms with Gasteiger partial charge in [0.15, 0.2) is 0 Å². The zero-order chi connectivity index (χ0) is 24.9. The normalized spacial score (nSPS) is 11.2. The lowest BCUT2D eigenvalue weighted by Gasteiger charge is -2.27. The van der Waals surface area contributed by atoms with Gasteiger partial charge < -0.3 is 25.3 Å². The van der Waals surface area contributed by atoms with Crippen molar-refractivity contribution in [2.24, 2.45) is 0 Å². The van der Waals surface area contributed by atoms with Gasteiger partial charge in [-0.3, -0.25) is 9.78 Å². The number of fused-ring (bicyclic) bond motifs is 1. The Morgan fingerprint density at radius 1 is 1.12 bits per heavy atom. The van der Waals surface area contributed by atoms with Gasteiger partial charge in [-0.1, -0.05) is 18.2 Å². The molecule has 1 amide bonds. The number of amides is 1. The molecule has 0 aliphatic carbocycles. The highest BCUT2D eigenvalue weighted by Gasteiger charge is 2.24. The van der Waals surface area contributed by atoms with Crippen LogP contribution in [0.5, 0.6) is 11.5 Å². The van der Waals surface area contributed by atoms with E-state index in [9.17, 15) is 9.59 Å². The topological polar surface area (TPSA) is 113 Å². The number of carbonyl (C=O) groups excluding carboxylic acids is 2. The number of methoxy groups -OCH3 is 1. The van der Waals surface area contributed by atoms with E-state index in [1.807, 2.05) is 50.2 Å². The van der Waals surface area contributed by atoms with Crippen molar-refractivity contribution in [1.29, 1.82) is 0 Å². The Hall–Kier alpha value is -3.81. The number of benzene rings is 2. The van der Waals surface area contributed by atoms with E-state index in [0.29, 0.717) is 22.3 Å². The molecule has 0 atom stereocenters. The molecule has 2 aromatic carbocycles. The van der Waals surface area contributed by atoms with Gasteiger partial charge in [0.1, 0.15) is 23.7 Å². The van der Waals surface area contributed by atoms with Crippen molar-refractivity contribution < 1.29 is 23.8 Å². The summed E-state index contributed by atoms with van der Waals surface area (Å²) in [7, 11) is 1.60. The number of hydrogen-bond acceptors (Lipinski definition) is 7. The molecule has 0 bridgehead atoms. The minimum absolute atomic E-state index is 0.127. The highest BCUT2D eigenvalue weighted by atomic mass is 16.5. The molecule has 0 radical (unpaired) electrons. The zero-order valence-electron chi connectivity index (χ0n) is 20.2. The van der Waals surface area contributed by atoms with Gasteiger partial charge >= 0.3 is 5.97 Å². The molecule has 0 saturated carbocycles. The number of nitrogen functional groups attached to an aromatic ring is 1. The van der Waals surface area contributed by atoms with Gasteiger partial charge in [0.05, 0.1) is 48.0 Å². The highest BCUT2D eigenvalue weighted by molar-refractivity contribution is 6.07. The van der Waals surface area contributed by atoms with Gasteiger partial charge in [0.25, 0.3) is 0 Å². The van der Waals surface area contributed by atoms with Crippen LogP contribution in [0.15, 0.2) is 42.5 Å². The minimum Gasteiger partial charge on any atom is -0.497 e. The second-order valence-electron chi connectivity index (χ2n) is 8.60. The Kier molecular flexibility index (Phi) is 7.61. The Labute approximate surface area is 199 Å². The van der Waals surface area contributed by atoms with Crippen LogP contribution in [0.25, 0.3) is 10.9 Å². The Morgan fingerprint density at radius 2 is 1.82 bits per heavy atom. The molecule has 8 nitrogen and oxygen atoms in total. The van der Waals surface area contributed by atoms with Crippen LogP contribution in [0.1, 0.15) is 42.4 Å². The zero-order valence-corrected chi connectivity index (χ0v) is 20.2. The Balaban J connectivity index is 1.75. The van der Waals surface area contributed by atoms with Crippen molar-refractivity contribution in [1.82, 2.24) is 10.3 Å². The summed E-state index contributed by atoms with van der Waals surface area (Å²) >= 11 is 0. The predicted molar refractivity (Wildman–Crippen MR) is 131 cm³/mol. The van der Waals surface area contributed by atoms with Gasteiger partial charge in [-0.15, -0.1) is 0 Å². The van der Waals surface area contributed by atoms with Crippen molar-refractivity contribution >= 4 is 28.5 Å². The van der Waals surface area contributed by atoms with Crippen LogP contribution in [-0.2, 0) is 16.0 Å². The standard InChI is InChI=1S/C26H31N3O5/c1-6-33-25(31)22-16(2)28-19-8-7-9-20(23(19)24(22)27)34-15-26(3,4)29-21(30)14-17-10-12-18(32-5)13-11-17/h7-13H,6,14-15H2,1-5H3,(H2,27,28)(H,29,30). The van der Waals surface area contributed by atoms with Crippen molar-refractivity contribution in [3.63, 3.8) is 0 Å². The lowest BCUT2D eigenvalue weighted by molar-refractivity contribution is -0.122. The summed E-state index contributed by atoms with van der Waals surface area (Å²) in [6.45, 7) is 7.62. The van der Waals surface area contributed by atoms with Crippen molar-refractivity contribution in [3.8, 4) is 11.5 Å². The molecule has 0 fully saturated rings. The fraction of sp³-hybridized carbons (Fsp3) is 0.346. The Morgan fingerprint density at radius 3 is 2.47 bits per heavy atom. The van der Waals surface area contributed by atoms with Gasteiger partial charge in [-0.25, -0.2) is 4.79 Å². The van der Waals surface area contributed by atoms with E-state index in [2.05, 4.69) is 10.3 Å². The molecule has 0 spiro atoms. The molecule has 0 aliphatic rings. The first-order valence-corrected chi connectivity index (χ1v) is 11.1. The monoisotopic (exact) mass is 465 g/mol. The minimum atomic E-state index is -0.664. The molecular weight excluding hydrogens is 434 g/mol. The summed E-state index contributed by atoms with van der Waals surface area (Å²) in [6, 6.07) is 12.7. The van der Waals surface area contributed by atoms with E-state index in [-0.39, 0.29) is 36.8 Å². The fourth-order valence-corrected chi connectivity index (χ4v) is 3.67. The number of hydrogen-bond donors (Lipinski definition) is 2. The molecule has 1 heterocycles. The SMILES string of the molecule is CCOC(=O)c1c(C)nc2cccc(OCC(C)(C)NC(=O)Cc3ccc(OC)cc3)c2c1N. The summed E-state index contributed by atoms with van der Waals surface area (Å²) in [5, 5.41) is 3.54. The number of nitrogens with zero attached hydrogens (tertiary/aromatic N) is 1. The van der Waals surface area contributed by atoms with E-state index < -0.39 is 11.5 Å². The van der Waals surface area contributed by atoms with Crippen molar-refractivity contribution in [2.45, 2.75) is 39.7 Å². The van der Waals surface area contributed by atoms with Crippen LogP contribution in [-0.4, -0.2) is 42.7 Å². The summed E-state index contributed by atoms with van der Waals surface area (Å²) in [5.74, 6) is 0.569. The number of nitrogens with one attached hydrogen (secondary N) is 1. The van der Waals surface area contributed by atoms with Crippen LogP contribution in [0.3, 0.4) is 0 Å². The number of nitrogens with two attached hydrogens (primary N) is 1. The van der Waals surface area contributed by atoms with Gasteiger partial charge in [0.2, 0.25) is 5.91 Å². The van der Waals surface area contributed by atoms with Crippen molar-refractivity contribution in [2.75, 3.05) is 26.1 Å².